The van der Waals surface area contributed by atoms with Gasteiger partial charge in [0.25, 0.3) is 5.56 Å². The lowest BCUT2D eigenvalue weighted by atomic mass is 9.77. The van der Waals surface area contributed by atoms with Crippen molar-refractivity contribution in [2.75, 3.05) is 48.0 Å². The van der Waals surface area contributed by atoms with Gasteiger partial charge >= 0.3 is 6.03 Å². The number of nitrogens with zero attached hydrogens (tertiary/aromatic N) is 7. The van der Waals surface area contributed by atoms with E-state index in [0.29, 0.717) is 23.7 Å². The number of urea groups is 1. The Kier molecular flexibility index (Phi) is 10.0. The molecule has 2 radical (unpaired) electrons. The molecule has 3 aliphatic rings. The highest BCUT2D eigenvalue weighted by Crippen LogP contribution is 2.42. The van der Waals surface area contributed by atoms with Crippen molar-refractivity contribution in [1.29, 1.82) is 0 Å². The summed E-state index contributed by atoms with van der Waals surface area (Å²) in [6.07, 6.45) is 7.41. The number of aromatic nitrogens is 3. The van der Waals surface area contributed by atoms with E-state index in [-0.39, 0.29) is 29.7 Å². The van der Waals surface area contributed by atoms with Crippen LogP contribution < -0.4 is 36.0 Å². The number of piperidine rings is 1. The number of imide groups is 1. The molecule has 8 rings (SSSR count). The number of pyridine rings is 1. The summed E-state index contributed by atoms with van der Waals surface area (Å²) in [4.78, 5) is 48.4. The van der Waals surface area contributed by atoms with E-state index in [9.17, 15) is 14.4 Å². The van der Waals surface area contributed by atoms with E-state index in [1.165, 1.54) is 10.5 Å². The van der Waals surface area contributed by atoms with Crippen molar-refractivity contribution in [3.8, 4) is 5.75 Å². The van der Waals surface area contributed by atoms with Crippen molar-refractivity contribution in [3.63, 3.8) is 0 Å². The van der Waals surface area contributed by atoms with Gasteiger partial charge in [0, 0.05) is 105 Å². The molecule has 2 saturated heterocycles. The van der Waals surface area contributed by atoms with E-state index in [1.54, 1.807) is 22.6 Å². The van der Waals surface area contributed by atoms with E-state index in [1.807, 2.05) is 52.4 Å². The monoisotopic (exact) mass is 765 g/mol. The van der Waals surface area contributed by atoms with Gasteiger partial charge in [0.05, 0.1) is 37.7 Å². The lowest BCUT2D eigenvalue weighted by Crippen LogP contribution is -2.49. The second kappa shape index (κ2) is 15.1. The Bertz CT molecular complexity index is 2550. The van der Waals surface area contributed by atoms with Gasteiger partial charge in [-0.15, -0.1) is 0 Å². The molecule has 1 atom stereocenters. The highest BCUT2D eigenvalue weighted by molar-refractivity contribution is 6.15. The minimum atomic E-state index is -0.443. The first-order chi connectivity index (χ1) is 27.4. The lowest BCUT2D eigenvalue weighted by molar-refractivity contribution is -0.120. The number of nitrogens with one attached hydrogen (secondary N) is 1. The van der Waals surface area contributed by atoms with Crippen molar-refractivity contribution in [2.24, 2.45) is 24.8 Å². The minimum Gasteiger partial charge on any atom is -0.497 e. The maximum absolute atomic E-state index is 12.9. The zero-order valence-corrected chi connectivity index (χ0v) is 33.2. The van der Waals surface area contributed by atoms with E-state index >= 15 is 0 Å². The van der Waals surface area contributed by atoms with E-state index < -0.39 is 6.03 Å². The number of benzene rings is 3. The summed E-state index contributed by atoms with van der Waals surface area (Å²) in [6, 6.07) is 16.3. The maximum Gasteiger partial charge on any atom is 0.329 e. The number of carbonyl (C=O) groups excluding carboxylic acids is 2. The van der Waals surface area contributed by atoms with Crippen molar-refractivity contribution in [1.82, 2.24) is 19.7 Å². The fraction of sp³-hybridized carbons (Fsp3) is 0.372. The zero-order valence-electron chi connectivity index (χ0n) is 33.2. The first-order valence-electron chi connectivity index (χ1n) is 19.6. The maximum atomic E-state index is 12.9. The van der Waals surface area contributed by atoms with Crippen LogP contribution in [-0.2, 0) is 25.3 Å². The molecule has 0 bridgehead atoms. The van der Waals surface area contributed by atoms with Crippen molar-refractivity contribution in [2.45, 2.75) is 57.8 Å². The van der Waals surface area contributed by atoms with E-state index in [0.717, 1.165) is 101 Å². The number of nitrogens with two attached hydrogens (primary N) is 1. The number of carbonyl (C=O) groups is 2. The summed E-state index contributed by atoms with van der Waals surface area (Å²) in [6.45, 7) is 6.64. The molecule has 57 heavy (non-hydrogen) atoms. The van der Waals surface area contributed by atoms with E-state index in [4.69, 9.17) is 23.3 Å². The largest absolute Gasteiger partial charge is 0.497 e. The predicted octanol–water partition coefficient (Wildman–Crippen LogP) is 5.54. The summed E-state index contributed by atoms with van der Waals surface area (Å²) in [5, 5.41) is 8.88. The molecule has 1 unspecified atom stereocenters. The summed E-state index contributed by atoms with van der Waals surface area (Å²) < 4.78 is 9.20. The Hall–Kier alpha value is -6.05. The second-order valence-electron chi connectivity index (χ2n) is 15.4. The summed E-state index contributed by atoms with van der Waals surface area (Å²) >= 11 is 0. The van der Waals surface area contributed by atoms with Crippen LogP contribution in [0.2, 0.25) is 0 Å². The van der Waals surface area contributed by atoms with Gasteiger partial charge in [0.15, 0.2) is 5.82 Å². The van der Waals surface area contributed by atoms with Crippen LogP contribution in [0.15, 0.2) is 64.5 Å². The first-order valence-corrected chi connectivity index (χ1v) is 19.6. The number of methoxy groups -OCH3 is 1. The number of rotatable bonds is 8. The van der Waals surface area contributed by atoms with Crippen molar-refractivity contribution >= 4 is 76.3 Å². The number of hydrogen-bond donors (Lipinski definition) is 2. The number of aliphatic imine (C=N–C) groups is 1. The van der Waals surface area contributed by atoms with Gasteiger partial charge in [-0.05, 0) is 85.7 Å². The molecule has 5 aromatic rings. The molecule has 0 spiro atoms. The number of ether oxygens (including phenoxy) is 1. The summed E-state index contributed by atoms with van der Waals surface area (Å²) in [5.74, 6) is 0.712. The highest BCUT2D eigenvalue weighted by Gasteiger charge is 2.29. The number of fused-ring (bicyclic) bond motifs is 3. The minimum absolute atomic E-state index is 0.0253. The average molecular weight is 766 g/mol. The molecule has 0 aliphatic carbocycles. The first kappa shape index (κ1) is 37.9. The van der Waals surface area contributed by atoms with Crippen LogP contribution in [0.5, 0.6) is 5.75 Å². The number of hydrogen-bond acceptors (Lipinski definition) is 9. The molecular formula is C43H48BN9O4. The van der Waals surface area contributed by atoms with Crippen molar-refractivity contribution in [3.05, 3.63) is 87.3 Å². The molecule has 13 nitrogen and oxygen atoms in total. The molecular weight excluding hydrogens is 717 g/mol. The van der Waals surface area contributed by atoms with Gasteiger partial charge in [0.2, 0.25) is 5.91 Å². The van der Waals surface area contributed by atoms with Gasteiger partial charge in [-0.2, -0.15) is 5.10 Å². The van der Waals surface area contributed by atoms with Crippen LogP contribution in [0.3, 0.4) is 0 Å². The topological polar surface area (TPSA) is 143 Å². The third-order valence-corrected chi connectivity index (χ3v) is 11.7. The van der Waals surface area contributed by atoms with Gasteiger partial charge < -0.3 is 24.8 Å². The van der Waals surface area contributed by atoms with Crippen LogP contribution >= 0.6 is 0 Å². The molecule has 3 aliphatic heterocycles. The third-order valence-electron chi connectivity index (χ3n) is 11.7. The number of anilines is 4. The van der Waals surface area contributed by atoms with Gasteiger partial charge in [0.1, 0.15) is 5.75 Å². The van der Waals surface area contributed by atoms with Gasteiger partial charge in [-0.3, -0.25) is 29.5 Å². The number of allylic oxidation sites excluding steroid dienone is 1. The molecule has 0 saturated carbocycles. The molecule has 5 heterocycles. The Morgan fingerprint density at radius 1 is 0.965 bits per heavy atom. The fourth-order valence-corrected chi connectivity index (χ4v) is 8.59. The second-order valence-corrected chi connectivity index (χ2v) is 15.4. The standard InChI is InChI=1S/C43H48BN9O4/c1-25-17-35-37(49(3)42(25)55)20-31(57-5)21-39(35)52-13-6-7-27-18-34(33(26(2)44)22-36(27)52)28(23-45)24-46-29-10-14-51(15-11-29)30-8-9-32-38(19-30)50(4)48-41(32)53-16-12-40(54)47-43(53)56/h8-9,17-24,26,29H,6-7,10-16,45H2,1-5H3,(H,47,54,56)/b28-23+,46-24?. The Morgan fingerprint density at radius 2 is 1.75 bits per heavy atom. The zero-order chi connectivity index (χ0) is 40.1. The SMILES string of the molecule is [B]C(C)c1cc2c(cc1/C(C=NC1CCN(c3ccc4c(N5CCC(=O)NC5=O)nn(C)c4c3)CC1)=C/N)CCCN2c1cc(OC)cc2c1cc(C)c(=O)n2C. The summed E-state index contributed by atoms with van der Waals surface area (Å²) in [7, 11) is 12.0. The smallest absolute Gasteiger partial charge is 0.329 e. The summed E-state index contributed by atoms with van der Waals surface area (Å²) in [5.41, 5.74) is 15.9. The fourth-order valence-electron chi connectivity index (χ4n) is 8.59. The normalized spacial score (nSPS) is 17.5. The van der Waals surface area contributed by atoms with Crippen LogP contribution in [0.25, 0.3) is 27.4 Å². The van der Waals surface area contributed by atoms with Gasteiger partial charge in [-0.1, -0.05) is 12.7 Å². The Morgan fingerprint density at radius 3 is 2.47 bits per heavy atom. The molecule has 3 N–H and O–H groups in total. The van der Waals surface area contributed by atoms with E-state index in [2.05, 4.69) is 50.5 Å². The number of amides is 3. The Labute approximate surface area is 333 Å². The lowest BCUT2D eigenvalue weighted by Gasteiger charge is -2.34. The Balaban J connectivity index is 1.02. The van der Waals surface area contributed by atoms with Crippen LogP contribution in [0, 0.1) is 6.92 Å². The van der Waals surface area contributed by atoms with Crippen LogP contribution in [0.1, 0.15) is 60.7 Å². The molecule has 3 amide bonds. The third kappa shape index (κ3) is 6.91. The molecule has 292 valence electrons. The number of aryl methyl sites for hydroxylation is 4. The van der Waals surface area contributed by atoms with Crippen LogP contribution in [-0.4, -0.2) is 79.7 Å². The average Bonchev–Trinajstić information content (AvgIpc) is 3.54. The molecule has 14 heteroatoms. The molecule has 3 aromatic carbocycles. The predicted molar refractivity (Wildman–Crippen MR) is 229 cm³/mol. The highest BCUT2D eigenvalue weighted by atomic mass is 16.5. The van der Waals surface area contributed by atoms with Gasteiger partial charge in [-0.25, -0.2) is 4.79 Å². The molecule has 2 aromatic heterocycles. The van der Waals surface area contributed by atoms with Crippen LogP contribution in [0.4, 0.5) is 27.7 Å². The quantitative estimate of drug-likeness (QED) is 0.155. The van der Waals surface area contributed by atoms with Crippen molar-refractivity contribution < 1.29 is 14.3 Å². The molecule has 2 fully saturated rings.